The van der Waals surface area contributed by atoms with Crippen molar-refractivity contribution in [3.8, 4) is 0 Å². The Morgan fingerprint density at radius 1 is 1.31 bits per heavy atom. The average molecular weight is 202 g/mol. The number of carbonyl (C=O) groups excluding carboxylic acids is 2. The standard InChI is InChI=1S/C8H14N2O2S/c1-4(2)6-8(12)9-5(3-13)7(11)10-6/h4-6,13H,3H2,1-2H3,(H,9,12)(H,10,11)/t5-,6?/m0/s1. The molecule has 1 fully saturated rings. The molecule has 0 aromatic rings. The molecule has 0 bridgehead atoms. The van der Waals surface area contributed by atoms with Gasteiger partial charge in [0.25, 0.3) is 0 Å². The van der Waals surface area contributed by atoms with Gasteiger partial charge in [-0.15, -0.1) is 0 Å². The van der Waals surface area contributed by atoms with Crippen molar-refractivity contribution in [2.24, 2.45) is 5.92 Å². The summed E-state index contributed by atoms with van der Waals surface area (Å²) >= 11 is 3.97. The van der Waals surface area contributed by atoms with Gasteiger partial charge in [-0.3, -0.25) is 9.59 Å². The van der Waals surface area contributed by atoms with Crippen LogP contribution < -0.4 is 10.6 Å². The summed E-state index contributed by atoms with van der Waals surface area (Å²) in [5.74, 6) is 0.189. The lowest BCUT2D eigenvalue weighted by Gasteiger charge is -2.30. The number of nitrogens with one attached hydrogen (secondary N) is 2. The fourth-order valence-corrected chi connectivity index (χ4v) is 1.50. The van der Waals surface area contributed by atoms with Crippen LogP contribution in [0.25, 0.3) is 0 Å². The van der Waals surface area contributed by atoms with Crippen molar-refractivity contribution >= 4 is 24.4 Å². The minimum absolute atomic E-state index is 0.116. The summed E-state index contributed by atoms with van der Waals surface area (Å²) < 4.78 is 0. The summed E-state index contributed by atoms with van der Waals surface area (Å²) in [6.45, 7) is 3.79. The molecule has 2 atom stereocenters. The molecule has 0 saturated carbocycles. The third-order valence-corrected chi connectivity index (χ3v) is 2.43. The van der Waals surface area contributed by atoms with E-state index >= 15 is 0 Å². The summed E-state index contributed by atoms with van der Waals surface area (Å²) in [5, 5.41) is 5.29. The first-order valence-electron chi connectivity index (χ1n) is 4.28. The van der Waals surface area contributed by atoms with Gasteiger partial charge in [0.2, 0.25) is 11.8 Å². The number of hydrogen-bond acceptors (Lipinski definition) is 3. The minimum Gasteiger partial charge on any atom is -0.342 e. The van der Waals surface area contributed by atoms with Gasteiger partial charge in [-0.05, 0) is 5.92 Å². The van der Waals surface area contributed by atoms with Crippen LogP contribution in [-0.2, 0) is 9.59 Å². The van der Waals surface area contributed by atoms with Crippen molar-refractivity contribution in [1.82, 2.24) is 10.6 Å². The summed E-state index contributed by atoms with van der Waals surface area (Å²) in [6, 6.07) is -0.880. The van der Waals surface area contributed by atoms with Gasteiger partial charge in [0.05, 0.1) is 0 Å². The molecule has 0 aliphatic carbocycles. The van der Waals surface area contributed by atoms with Gasteiger partial charge in [-0.1, -0.05) is 13.8 Å². The molecule has 1 aliphatic rings. The summed E-state index contributed by atoms with van der Waals surface area (Å²) in [7, 11) is 0. The molecule has 4 nitrogen and oxygen atoms in total. The van der Waals surface area contributed by atoms with E-state index in [1.165, 1.54) is 0 Å². The molecule has 1 unspecified atom stereocenters. The Labute approximate surface area is 82.9 Å². The Balaban J connectivity index is 2.67. The highest BCUT2D eigenvalue weighted by molar-refractivity contribution is 7.80. The fraction of sp³-hybridized carbons (Fsp3) is 0.750. The van der Waals surface area contributed by atoms with Crippen LogP contribution in [0.5, 0.6) is 0 Å². The SMILES string of the molecule is CC(C)C1NC(=O)[C@H](CS)NC1=O. The van der Waals surface area contributed by atoms with Gasteiger partial charge in [-0.25, -0.2) is 0 Å². The van der Waals surface area contributed by atoms with Crippen molar-refractivity contribution in [2.75, 3.05) is 5.75 Å². The normalized spacial score (nSPS) is 28.6. The maximum absolute atomic E-state index is 11.4. The first kappa shape index (κ1) is 10.4. The minimum atomic E-state index is -0.481. The Hall–Kier alpha value is -0.710. The van der Waals surface area contributed by atoms with Crippen LogP contribution in [0, 0.1) is 5.92 Å². The second-order valence-electron chi connectivity index (χ2n) is 3.47. The molecule has 1 rings (SSSR count). The predicted molar refractivity (Wildman–Crippen MR) is 52.6 cm³/mol. The van der Waals surface area contributed by atoms with E-state index in [-0.39, 0.29) is 17.7 Å². The molecule has 0 aromatic carbocycles. The first-order valence-corrected chi connectivity index (χ1v) is 4.91. The zero-order valence-electron chi connectivity index (χ0n) is 7.70. The van der Waals surface area contributed by atoms with Crippen molar-refractivity contribution in [2.45, 2.75) is 25.9 Å². The largest absolute Gasteiger partial charge is 0.342 e. The number of rotatable bonds is 2. The van der Waals surface area contributed by atoms with E-state index in [0.29, 0.717) is 5.75 Å². The molecule has 13 heavy (non-hydrogen) atoms. The van der Waals surface area contributed by atoms with E-state index in [1.807, 2.05) is 13.8 Å². The summed E-state index contributed by atoms with van der Waals surface area (Å²) in [5.41, 5.74) is 0. The molecular weight excluding hydrogens is 188 g/mol. The van der Waals surface area contributed by atoms with E-state index in [0.717, 1.165) is 0 Å². The van der Waals surface area contributed by atoms with Gasteiger partial charge in [0, 0.05) is 5.75 Å². The Bertz CT molecular complexity index is 230. The lowest BCUT2D eigenvalue weighted by molar-refractivity contribution is -0.137. The van der Waals surface area contributed by atoms with E-state index < -0.39 is 12.1 Å². The van der Waals surface area contributed by atoms with Crippen LogP contribution in [0.3, 0.4) is 0 Å². The maximum atomic E-state index is 11.4. The molecule has 1 heterocycles. The number of amides is 2. The highest BCUT2D eigenvalue weighted by Gasteiger charge is 2.34. The fourth-order valence-electron chi connectivity index (χ4n) is 1.24. The zero-order valence-corrected chi connectivity index (χ0v) is 8.60. The average Bonchev–Trinajstić information content (AvgIpc) is 2.07. The second-order valence-corrected chi connectivity index (χ2v) is 3.84. The third-order valence-electron chi connectivity index (χ3n) is 2.06. The van der Waals surface area contributed by atoms with E-state index in [4.69, 9.17) is 0 Å². The summed E-state index contributed by atoms with van der Waals surface area (Å²) in [6.07, 6.45) is 0. The van der Waals surface area contributed by atoms with E-state index in [9.17, 15) is 9.59 Å². The molecule has 0 spiro atoms. The number of piperazine rings is 1. The number of hydrogen-bond donors (Lipinski definition) is 3. The molecule has 1 saturated heterocycles. The first-order chi connectivity index (χ1) is 6.06. The highest BCUT2D eigenvalue weighted by Crippen LogP contribution is 2.07. The van der Waals surface area contributed by atoms with Gasteiger partial charge >= 0.3 is 0 Å². The Morgan fingerprint density at radius 3 is 2.38 bits per heavy atom. The molecule has 1 aliphatic heterocycles. The van der Waals surface area contributed by atoms with Gasteiger partial charge in [-0.2, -0.15) is 12.6 Å². The van der Waals surface area contributed by atoms with Gasteiger partial charge in [0.15, 0.2) is 0 Å². The van der Waals surface area contributed by atoms with Gasteiger partial charge in [0.1, 0.15) is 12.1 Å². The van der Waals surface area contributed by atoms with Crippen LogP contribution in [0.15, 0.2) is 0 Å². The highest BCUT2D eigenvalue weighted by atomic mass is 32.1. The molecule has 5 heteroatoms. The van der Waals surface area contributed by atoms with Crippen LogP contribution >= 0.6 is 12.6 Å². The predicted octanol–water partition coefficient (Wildman–Crippen LogP) is -0.445. The van der Waals surface area contributed by atoms with Crippen molar-refractivity contribution in [1.29, 1.82) is 0 Å². The maximum Gasteiger partial charge on any atom is 0.244 e. The van der Waals surface area contributed by atoms with E-state index in [1.54, 1.807) is 0 Å². The lowest BCUT2D eigenvalue weighted by atomic mass is 10.0. The molecule has 74 valence electrons. The van der Waals surface area contributed by atoms with Gasteiger partial charge < -0.3 is 10.6 Å². The number of carbonyl (C=O) groups is 2. The van der Waals surface area contributed by atoms with Crippen LogP contribution in [0.2, 0.25) is 0 Å². The molecule has 0 aromatic heterocycles. The molecule has 2 N–H and O–H groups in total. The number of thiol groups is 1. The Kier molecular flexibility index (Phi) is 3.19. The lowest BCUT2D eigenvalue weighted by Crippen LogP contribution is -2.63. The smallest absolute Gasteiger partial charge is 0.244 e. The van der Waals surface area contributed by atoms with Crippen LogP contribution in [0.1, 0.15) is 13.8 Å². The quantitative estimate of drug-likeness (QED) is 0.531. The van der Waals surface area contributed by atoms with Crippen molar-refractivity contribution < 1.29 is 9.59 Å². The Morgan fingerprint density at radius 2 is 1.92 bits per heavy atom. The second kappa shape index (κ2) is 4.00. The molecule has 2 amide bonds. The zero-order chi connectivity index (χ0) is 10.0. The van der Waals surface area contributed by atoms with Crippen molar-refractivity contribution in [3.05, 3.63) is 0 Å². The summed E-state index contributed by atoms with van der Waals surface area (Å²) in [4.78, 5) is 22.7. The topological polar surface area (TPSA) is 58.2 Å². The van der Waals surface area contributed by atoms with Crippen molar-refractivity contribution in [3.63, 3.8) is 0 Å². The van der Waals surface area contributed by atoms with E-state index in [2.05, 4.69) is 23.3 Å². The molecular formula is C8H14N2O2S. The molecule has 0 radical (unpaired) electrons. The third kappa shape index (κ3) is 2.15. The van der Waals surface area contributed by atoms with Crippen LogP contribution in [-0.4, -0.2) is 29.7 Å². The monoisotopic (exact) mass is 202 g/mol. The van der Waals surface area contributed by atoms with Crippen LogP contribution in [0.4, 0.5) is 0 Å².